The van der Waals surface area contributed by atoms with E-state index in [1.54, 1.807) is 4.90 Å². The molecular formula is C14H22F3N3S. The number of thiazole rings is 1. The molecule has 0 amide bonds. The highest BCUT2D eigenvalue weighted by atomic mass is 32.1. The molecule has 0 saturated carbocycles. The van der Waals surface area contributed by atoms with Crippen LogP contribution in [0.4, 0.5) is 18.3 Å². The maximum Gasteiger partial charge on any atom is 0.393 e. The number of alkyl halides is 3. The molecule has 7 heteroatoms. The molecule has 3 nitrogen and oxygen atoms in total. The molecule has 21 heavy (non-hydrogen) atoms. The lowest BCUT2D eigenvalue weighted by atomic mass is 9.98. The van der Waals surface area contributed by atoms with E-state index in [9.17, 15) is 13.2 Å². The summed E-state index contributed by atoms with van der Waals surface area (Å²) in [5.74, 6) is -0.952. The lowest BCUT2D eigenvalue weighted by Gasteiger charge is -2.33. The lowest BCUT2D eigenvalue weighted by molar-refractivity contribution is -0.175. The minimum Gasteiger partial charge on any atom is -0.347 e. The molecule has 0 aliphatic carbocycles. The molecule has 0 bridgehead atoms. The van der Waals surface area contributed by atoms with E-state index in [-0.39, 0.29) is 18.9 Å². The SMILES string of the molecule is CNCc1sc(N2CCCC(C(F)(F)F)C2)nc1C(C)C. The molecule has 1 aromatic rings. The summed E-state index contributed by atoms with van der Waals surface area (Å²) < 4.78 is 38.7. The van der Waals surface area contributed by atoms with Crippen molar-refractivity contribution in [1.82, 2.24) is 10.3 Å². The molecule has 120 valence electrons. The summed E-state index contributed by atoms with van der Waals surface area (Å²) >= 11 is 1.52. The summed E-state index contributed by atoms with van der Waals surface area (Å²) in [5, 5.41) is 3.83. The van der Waals surface area contributed by atoms with Gasteiger partial charge in [-0.05, 0) is 25.8 Å². The van der Waals surface area contributed by atoms with Gasteiger partial charge in [-0.25, -0.2) is 4.98 Å². The van der Waals surface area contributed by atoms with Gasteiger partial charge in [-0.1, -0.05) is 13.8 Å². The van der Waals surface area contributed by atoms with Crippen LogP contribution in [0.2, 0.25) is 0 Å². The van der Waals surface area contributed by atoms with Gasteiger partial charge in [0.25, 0.3) is 0 Å². The standard InChI is InChI=1S/C14H22F3N3S/c1-9(2)12-11(7-18-3)21-13(19-12)20-6-4-5-10(8-20)14(15,16)17/h9-10,18H,4-8H2,1-3H3. The van der Waals surface area contributed by atoms with Crippen molar-refractivity contribution < 1.29 is 13.2 Å². The Bertz CT molecular complexity index is 471. The fourth-order valence-electron chi connectivity index (χ4n) is 2.64. The van der Waals surface area contributed by atoms with Crippen LogP contribution in [0.1, 0.15) is 43.2 Å². The third kappa shape index (κ3) is 3.88. The van der Waals surface area contributed by atoms with Crippen LogP contribution in [0.3, 0.4) is 0 Å². The second-order valence-electron chi connectivity index (χ2n) is 5.82. The first-order valence-electron chi connectivity index (χ1n) is 7.28. The van der Waals surface area contributed by atoms with Crippen LogP contribution in [0, 0.1) is 5.92 Å². The van der Waals surface area contributed by atoms with Crippen molar-refractivity contribution in [1.29, 1.82) is 0 Å². The molecule has 1 fully saturated rings. The number of piperidine rings is 1. The van der Waals surface area contributed by atoms with Gasteiger partial charge in [0.15, 0.2) is 5.13 Å². The van der Waals surface area contributed by atoms with Crippen molar-refractivity contribution in [3.8, 4) is 0 Å². The van der Waals surface area contributed by atoms with E-state index in [1.807, 2.05) is 7.05 Å². The molecule has 1 aliphatic rings. The quantitative estimate of drug-likeness (QED) is 0.915. The average Bonchev–Trinajstić information content (AvgIpc) is 2.83. The van der Waals surface area contributed by atoms with Gasteiger partial charge in [-0.15, -0.1) is 11.3 Å². The third-order valence-corrected chi connectivity index (χ3v) is 4.89. The van der Waals surface area contributed by atoms with E-state index < -0.39 is 12.1 Å². The number of halogens is 3. The van der Waals surface area contributed by atoms with Crippen molar-refractivity contribution in [2.75, 3.05) is 25.0 Å². The first-order chi connectivity index (χ1) is 9.82. The molecule has 2 heterocycles. The zero-order valence-electron chi connectivity index (χ0n) is 12.6. The minimum absolute atomic E-state index is 0.0353. The Morgan fingerprint density at radius 3 is 2.71 bits per heavy atom. The van der Waals surface area contributed by atoms with Crippen molar-refractivity contribution in [2.24, 2.45) is 5.92 Å². The number of rotatable bonds is 4. The molecule has 1 aliphatic heterocycles. The number of nitrogens with zero attached hydrogens (tertiary/aromatic N) is 2. The number of hydrogen-bond donors (Lipinski definition) is 1. The Morgan fingerprint density at radius 2 is 2.14 bits per heavy atom. The van der Waals surface area contributed by atoms with Crippen LogP contribution in [-0.2, 0) is 6.54 Å². The molecule has 1 atom stereocenters. The van der Waals surface area contributed by atoms with E-state index in [0.29, 0.717) is 19.5 Å². The Labute approximate surface area is 127 Å². The Kier molecular flexibility index (Phi) is 5.14. The monoisotopic (exact) mass is 321 g/mol. The summed E-state index contributed by atoms with van der Waals surface area (Å²) in [4.78, 5) is 7.53. The second-order valence-corrected chi connectivity index (χ2v) is 6.88. The maximum absolute atomic E-state index is 12.9. The van der Waals surface area contributed by atoms with Crippen LogP contribution >= 0.6 is 11.3 Å². The molecule has 1 saturated heterocycles. The van der Waals surface area contributed by atoms with Crippen molar-refractivity contribution in [2.45, 2.75) is 45.3 Å². The predicted molar refractivity (Wildman–Crippen MR) is 80.0 cm³/mol. The van der Waals surface area contributed by atoms with Gasteiger partial charge < -0.3 is 10.2 Å². The van der Waals surface area contributed by atoms with Crippen LogP contribution in [0.15, 0.2) is 0 Å². The number of nitrogens with one attached hydrogen (secondary N) is 1. The first kappa shape index (κ1) is 16.5. The molecule has 1 N–H and O–H groups in total. The molecule has 2 rings (SSSR count). The Morgan fingerprint density at radius 1 is 1.43 bits per heavy atom. The summed E-state index contributed by atoms with van der Waals surface area (Å²) in [7, 11) is 1.87. The number of hydrogen-bond acceptors (Lipinski definition) is 4. The lowest BCUT2D eigenvalue weighted by Crippen LogP contribution is -2.41. The van der Waals surface area contributed by atoms with Crippen LogP contribution in [-0.4, -0.2) is 31.3 Å². The largest absolute Gasteiger partial charge is 0.393 e. The van der Waals surface area contributed by atoms with Crippen LogP contribution in [0.25, 0.3) is 0 Å². The zero-order chi connectivity index (χ0) is 15.6. The number of anilines is 1. The summed E-state index contributed by atoms with van der Waals surface area (Å²) in [6.07, 6.45) is -3.31. The highest BCUT2D eigenvalue weighted by Crippen LogP contribution is 2.37. The average molecular weight is 321 g/mol. The highest BCUT2D eigenvalue weighted by molar-refractivity contribution is 7.15. The summed E-state index contributed by atoms with van der Waals surface area (Å²) in [5.41, 5.74) is 0.999. The van der Waals surface area contributed by atoms with Crippen LogP contribution in [0.5, 0.6) is 0 Å². The van der Waals surface area contributed by atoms with E-state index >= 15 is 0 Å². The fraction of sp³-hybridized carbons (Fsp3) is 0.786. The van der Waals surface area contributed by atoms with Gasteiger partial charge in [0.05, 0.1) is 11.6 Å². The van der Waals surface area contributed by atoms with E-state index in [2.05, 4.69) is 24.1 Å². The van der Waals surface area contributed by atoms with Gasteiger partial charge in [-0.3, -0.25) is 0 Å². The van der Waals surface area contributed by atoms with Crippen LogP contribution < -0.4 is 10.2 Å². The maximum atomic E-state index is 12.9. The molecule has 0 radical (unpaired) electrons. The van der Waals surface area contributed by atoms with Gasteiger partial charge in [0.1, 0.15) is 0 Å². The molecular weight excluding hydrogens is 299 g/mol. The topological polar surface area (TPSA) is 28.2 Å². The molecule has 1 aromatic heterocycles. The summed E-state index contributed by atoms with van der Waals surface area (Å²) in [6.45, 7) is 5.53. The third-order valence-electron chi connectivity index (χ3n) is 3.76. The summed E-state index contributed by atoms with van der Waals surface area (Å²) in [6, 6.07) is 0. The Hall–Kier alpha value is -0.820. The van der Waals surface area contributed by atoms with E-state index in [4.69, 9.17) is 0 Å². The molecule has 1 unspecified atom stereocenters. The van der Waals surface area contributed by atoms with Crippen molar-refractivity contribution in [3.63, 3.8) is 0 Å². The Balaban J connectivity index is 2.19. The second kappa shape index (κ2) is 6.52. The molecule has 0 aromatic carbocycles. The first-order valence-corrected chi connectivity index (χ1v) is 8.10. The van der Waals surface area contributed by atoms with Gasteiger partial charge >= 0.3 is 6.18 Å². The van der Waals surface area contributed by atoms with Gasteiger partial charge in [0.2, 0.25) is 0 Å². The minimum atomic E-state index is -4.11. The van der Waals surface area contributed by atoms with Gasteiger partial charge in [-0.2, -0.15) is 13.2 Å². The van der Waals surface area contributed by atoms with E-state index in [0.717, 1.165) is 15.7 Å². The highest BCUT2D eigenvalue weighted by Gasteiger charge is 2.42. The van der Waals surface area contributed by atoms with Gasteiger partial charge in [0, 0.05) is 24.5 Å². The fourth-order valence-corrected chi connectivity index (χ4v) is 3.90. The normalized spacial score (nSPS) is 20.3. The predicted octanol–water partition coefficient (Wildman–Crippen LogP) is 3.76. The smallest absolute Gasteiger partial charge is 0.347 e. The molecule has 0 spiro atoms. The van der Waals surface area contributed by atoms with Crippen molar-refractivity contribution in [3.05, 3.63) is 10.6 Å². The number of aromatic nitrogens is 1. The van der Waals surface area contributed by atoms with E-state index in [1.165, 1.54) is 11.3 Å². The van der Waals surface area contributed by atoms with Crippen molar-refractivity contribution >= 4 is 16.5 Å². The zero-order valence-corrected chi connectivity index (χ0v) is 13.4.